The van der Waals surface area contributed by atoms with Gasteiger partial charge in [-0.25, -0.2) is 14.0 Å². The van der Waals surface area contributed by atoms with Crippen LogP contribution in [0.15, 0.2) is 48.5 Å². The van der Waals surface area contributed by atoms with Crippen molar-refractivity contribution < 1.29 is 64.0 Å². The summed E-state index contributed by atoms with van der Waals surface area (Å²) >= 11 is 0. The smallest absolute Gasteiger partial charge is 0.459 e. The van der Waals surface area contributed by atoms with E-state index in [4.69, 9.17) is 14.2 Å². The molecule has 1 N–H and O–H groups in total. The van der Waals surface area contributed by atoms with Crippen molar-refractivity contribution in [3.05, 3.63) is 59.9 Å². The van der Waals surface area contributed by atoms with Crippen LogP contribution in [0.5, 0.6) is 11.5 Å². The Hall–Kier alpha value is -3.62. The number of carboxylic acids is 1. The number of rotatable bonds is 16. The standard InChI is InChI=1S/C27H29F8NO6/c1-2-40-22(23(37)38)17-18-5-9-20(10-6-18)41-16-15-36(24(39)42-21-11-7-19(28)8-12-21)14-4-3-13-25(29,30)26(31,32)27(33,34)35/h5-12,22H,2-4,13-17H2,1H3,(H,37,38). The van der Waals surface area contributed by atoms with Gasteiger partial charge >= 0.3 is 30.1 Å². The fourth-order valence-electron chi connectivity index (χ4n) is 3.60. The van der Waals surface area contributed by atoms with Gasteiger partial charge in [-0.05, 0) is 61.7 Å². The molecule has 2 rings (SSSR count). The number of carbonyl (C=O) groups is 2. The molecule has 0 saturated heterocycles. The van der Waals surface area contributed by atoms with Crippen molar-refractivity contribution in [3.8, 4) is 11.5 Å². The molecule has 0 aromatic heterocycles. The molecule has 2 aromatic carbocycles. The SMILES string of the molecule is CCOC(Cc1ccc(OCCN(CCCCC(F)(F)C(F)(F)C(F)(F)F)C(=O)Oc2ccc(F)cc2)cc1)C(=O)O. The van der Waals surface area contributed by atoms with E-state index >= 15 is 0 Å². The first-order valence-corrected chi connectivity index (χ1v) is 12.7. The average Bonchev–Trinajstić information content (AvgIpc) is 2.91. The molecule has 7 nitrogen and oxygen atoms in total. The second kappa shape index (κ2) is 15.0. The van der Waals surface area contributed by atoms with Crippen LogP contribution in [-0.4, -0.2) is 72.5 Å². The molecule has 234 valence electrons. The molecule has 15 heteroatoms. The lowest BCUT2D eigenvalue weighted by Crippen LogP contribution is -2.51. The van der Waals surface area contributed by atoms with Crippen molar-refractivity contribution in [1.82, 2.24) is 4.90 Å². The summed E-state index contributed by atoms with van der Waals surface area (Å²) in [6.07, 6.45) is -11.3. The molecular formula is C27H29F8NO6. The molecule has 0 spiro atoms. The summed E-state index contributed by atoms with van der Waals surface area (Å²) in [6.45, 7) is 1.14. The van der Waals surface area contributed by atoms with E-state index in [0.29, 0.717) is 11.3 Å². The van der Waals surface area contributed by atoms with Gasteiger partial charge in [-0.1, -0.05) is 12.1 Å². The second-order valence-corrected chi connectivity index (χ2v) is 9.02. The molecule has 0 fully saturated rings. The van der Waals surface area contributed by atoms with Gasteiger partial charge in [-0.3, -0.25) is 0 Å². The molecule has 1 amide bonds. The minimum Gasteiger partial charge on any atom is -0.492 e. The zero-order valence-corrected chi connectivity index (χ0v) is 22.3. The third kappa shape index (κ3) is 10.0. The van der Waals surface area contributed by atoms with E-state index in [1.54, 1.807) is 19.1 Å². The van der Waals surface area contributed by atoms with E-state index in [-0.39, 0.29) is 44.9 Å². The number of hydrogen-bond donors (Lipinski definition) is 1. The molecule has 0 radical (unpaired) electrons. The van der Waals surface area contributed by atoms with Crippen LogP contribution in [0.1, 0.15) is 31.7 Å². The van der Waals surface area contributed by atoms with E-state index in [1.807, 2.05) is 0 Å². The number of unbranched alkanes of at least 4 members (excludes halogenated alkanes) is 1. The lowest BCUT2D eigenvalue weighted by atomic mass is 10.0. The molecule has 0 saturated carbocycles. The van der Waals surface area contributed by atoms with Crippen LogP contribution in [0.3, 0.4) is 0 Å². The third-order valence-electron chi connectivity index (χ3n) is 5.88. The van der Waals surface area contributed by atoms with Crippen molar-refractivity contribution in [1.29, 1.82) is 0 Å². The zero-order chi connectivity index (χ0) is 31.6. The first-order valence-electron chi connectivity index (χ1n) is 12.7. The van der Waals surface area contributed by atoms with Crippen LogP contribution in [0.4, 0.5) is 39.9 Å². The maximum Gasteiger partial charge on any atom is 0.459 e. The van der Waals surface area contributed by atoms with Gasteiger partial charge in [0.05, 0.1) is 6.54 Å². The predicted molar refractivity (Wildman–Crippen MR) is 132 cm³/mol. The number of amides is 1. The Labute approximate surface area is 236 Å². The molecule has 2 aromatic rings. The van der Waals surface area contributed by atoms with Crippen molar-refractivity contribution in [2.75, 3.05) is 26.3 Å². The normalized spacial score (nSPS) is 13.0. The Bertz CT molecular complexity index is 1140. The zero-order valence-electron chi connectivity index (χ0n) is 22.3. The van der Waals surface area contributed by atoms with Crippen LogP contribution in [0.2, 0.25) is 0 Å². The monoisotopic (exact) mass is 615 g/mol. The van der Waals surface area contributed by atoms with Gasteiger partial charge in [-0.2, -0.15) is 30.7 Å². The van der Waals surface area contributed by atoms with Gasteiger partial charge < -0.3 is 24.2 Å². The number of carboxylic acid groups (broad SMARTS) is 1. The van der Waals surface area contributed by atoms with Gasteiger partial charge in [0.15, 0.2) is 6.10 Å². The number of hydrogen-bond acceptors (Lipinski definition) is 5. The molecule has 0 heterocycles. The second-order valence-electron chi connectivity index (χ2n) is 9.02. The minimum atomic E-state index is -6.43. The number of ether oxygens (including phenoxy) is 3. The number of carbonyl (C=O) groups excluding carboxylic acids is 1. The maximum atomic E-state index is 13.6. The summed E-state index contributed by atoms with van der Waals surface area (Å²) in [6, 6.07) is 10.6. The first kappa shape index (κ1) is 34.6. The summed E-state index contributed by atoms with van der Waals surface area (Å²) in [5.74, 6) is -13.1. The molecular weight excluding hydrogens is 586 g/mol. The lowest BCUT2D eigenvalue weighted by molar-refractivity contribution is -0.355. The van der Waals surface area contributed by atoms with Crippen LogP contribution < -0.4 is 9.47 Å². The Balaban J connectivity index is 1.99. The van der Waals surface area contributed by atoms with Crippen LogP contribution in [0, 0.1) is 5.82 Å². The van der Waals surface area contributed by atoms with Crippen LogP contribution in [-0.2, 0) is 16.0 Å². The largest absolute Gasteiger partial charge is 0.492 e. The van der Waals surface area contributed by atoms with Gasteiger partial charge in [-0.15, -0.1) is 0 Å². The predicted octanol–water partition coefficient (Wildman–Crippen LogP) is 6.74. The number of aliphatic carboxylic acids is 1. The number of benzene rings is 2. The average molecular weight is 616 g/mol. The fourth-order valence-corrected chi connectivity index (χ4v) is 3.60. The Morgan fingerprint density at radius 2 is 1.48 bits per heavy atom. The molecule has 42 heavy (non-hydrogen) atoms. The Morgan fingerprint density at radius 3 is 2.02 bits per heavy atom. The fraction of sp³-hybridized carbons (Fsp3) is 0.481. The van der Waals surface area contributed by atoms with E-state index in [2.05, 4.69) is 0 Å². The highest BCUT2D eigenvalue weighted by Crippen LogP contribution is 2.48. The van der Waals surface area contributed by atoms with E-state index in [1.165, 1.54) is 12.1 Å². The van der Waals surface area contributed by atoms with Crippen molar-refractivity contribution in [2.24, 2.45) is 0 Å². The highest BCUT2D eigenvalue weighted by atomic mass is 19.4. The van der Waals surface area contributed by atoms with E-state index in [9.17, 15) is 49.8 Å². The van der Waals surface area contributed by atoms with Crippen molar-refractivity contribution >= 4 is 12.1 Å². The van der Waals surface area contributed by atoms with Gasteiger partial charge in [0, 0.05) is 26.0 Å². The molecule has 1 unspecified atom stereocenters. The van der Waals surface area contributed by atoms with Gasteiger partial charge in [0.2, 0.25) is 0 Å². The molecule has 0 aliphatic carbocycles. The summed E-state index contributed by atoms with van der Waals surface area (Å²) < 4.78 is 120. The minimum absolute atomic E-state index is 0.0639. The molecule has 0 aliphatic rings. The van der Waals surface area contributed by atoms with E-state index < -0.39 is 54.8 Å². The lowest BCUT2D eigenvalue weighted by Gasteiger charge is -2.28. The molecule has 0 aliphatic heterocycles. The van der Waals surface area contributed by atoms with Crippen molar-refractivity contribution in [2.45, 2.75) is 56.7 Å². The summed E-state index contributed by atoms with van der Waals surface area (Å²) in [7, 11) is 0. The van der Waals surface area contributed by atoms with Crippen molar-refractivity contribution in [3.63, 3.8) is 0 Å². The van der Waals surface area contributed by atoms with Gasteiger partial charge in [0.25, 0.3) is 0 Å². The topological polar surface area (TPSA) is 85.3 Å². The Morgan fingerprint density at radius 1 is 0.881 bits per heavy atom. The highest BCUT2D eigenvalue weighted by Gasteiger charge is 2.72. The van der Waals surface area contributed by atoms with E-state index in [0.717, 1.165) is 29.2 Å². The first-order chi connectivity index (χ1) is 19.6. The molecule has 1 atom stereocenters. The van der Waals surface area contributed by atoms with Gasteiger partial charge in [0.1, 0.15) is 23.9 Å². The third-order valence-corrected chi connectivity index (χ3v) is 5.88. The maximum absolute atomic E-state index is 13.6. The number of nitrogens with zero attached hydrogens (tertiary/aromatic N) is 1. The highest BCUT2D eigenvalue weighted by molar-refractivity contribution is 5.72. The molecule has 0 bridgehead atoms. The quantitative estimate of drug-likeness (QED) is 0.166. The number of halogens is 8. The Kier molecular flexibility index (Phi) is 12.4. The summed E-state index contributed by atoms with van der Waals surface area (Å²) in [5, 5.41) is 9.20. The number of alkyl halides is 7. The summed E-state index contributed by atoms with van der Waals surface area (Å²) in [4.78, 5) is 24.9. The van der Waals surface area contributed by atoms with Crippen LogP contribution in [0.25, 0.3) is 0 Å². The van der Waals surface area contributed by atoms with Crippen LogP contribution >= 0.6 is 0 Å². The summed E-state index contributed by atoms with van der Waals surface area (Å²) in [5.41, 5.74) is 0.639.